The lowest BCUT2D eigenvalue weighted by molar-refractivity contribution is 0.0940. The molecule has 0 radical (unpaired) electrons. The molecule has 9 heteroatoms. The van der Waals surface area contributed by atoms with Crippen LogP contribution in [0.25, 0.3) is 16.9 Å². The molecule has 0 saturated heterocycles. The second-order valence-electron chi connectivity index (χ2n) is 9.52. The number of methoxy groups -OCH3 is 1. The van der Waals surface area contributed by atoms with E-state index in [-0.39, 0.29) is 11.9 Å². The van der Waals surface area contributed by atoms with Crippen molar-refractivity contribution in [3.63, 3.8) is 0 Å². The number of imidazole rings is 1. The van der Waals surface area contributed by atoms with E-state index < -0.39 is 5.60 Å². The quantitative estimate of drug-likeness (QED) is 0.306. The number of ether oxygens (including phenoxy) is 1. The second kappa shape index (κ2) is 9.83. The number of hydrogen-bond acceptors (Lipinski definition) is 7. The summed E-state index contributed by atoms with van der Waals surface area (Å²) < 4.78 is 7.45. The van der Waals surface area contributed by atoms with Gasteiger partial charge in [-0.2, -0.15) is 5.10 Å². The average molecular weight is 504 g/mol. The Kier molecular flexibility index (Phi) is 6.59. The largest absolute Gasteiger partial charge is 0.496 e. The summed E-state index contributed by atoms with van der Waals surface area (Å²) >= 11 is 1.54. The van der Waals surface area contributed by atoms with Crippen LogP contribution in [0.3, 0.4) is 0 Å². The van der Waals surface area contributed by atoms with Crippen LogP contribution in [-0.2, 0) is 0 Å². The number of aliphatic hydroxyl groups is 1. The number of nitrogens with zero attached hydrogens (tertiary/aromatic N) is 3. The van der Waals surface area contributed by atoms with Crippen LogP contribution in [0.5, 0.6) is 5.75 Å². The van der Waals surface area contributed by atoms with E-state index in [1.165, 1.54) is 11.8 Å². The highest BCUT2D eigenvalue weighted by Crippen LogP contribution is 2.35. The van der Waals surface area contributed by atoms with Gasteiger partial charge in [0.25, 0.3) is 5.91 Å². The lowest BCUT2D eigenvalue weighted by Crippen LogP contribution is -2.29. The number of benzene rings is 2. The predicted molar refractivity (Wildman–Crippen MR) is 141 cm³/mol. The highest BCUT2D eigenvalue weighted by Gasteiger charge is 2.25. The van der Waals surface area contributed by atoms with E-state index in [4.69, 9.17) is 9.84 Å². The van der Waals surface area contributed by atoms with Crippen molar-refractivity contribution >= 4 is 29.0 Å². The number of anilines is 1. The van der Waals surface area contributed by atoms with Crippen molar-refractivity contribution in [3.05, 3.63) is 66.4 Å². The summed E-state index contributed by atoms with van der Waals surface area (Å²) in [5.74, 6) is 0.465. The zero-order valence-corrected chi connectivity index (χ0v) is 21.3. The molecule has 2 heterocycles. The number of aromatic nitrogens is 3. The number of amides is 1. The number of nitrogens with one attached hydrogen (secondary N) is 2. The molecule has 5 rings (SSSR count). The van der Waals surface area contributed by atoms with Crippen LogP contribution in [0.15, 0.2) is 70.7 Å². The third kappa shape index (κ3) is 5.47. The molecule has 2 aromatic carbocycles. The maximum atomic E-state index is 12.6. The van der Waals surface area contributed by atoms with Gasteiger partial charge in [0.2, 0.25) is 0 Å². The van der Waals surface area contributed by atoms with Gasteiger partial charge in [-0.05, 0) is 63.1 Å². The molecule has 1 saturated carbocycles. The molecule has 2 aromatic heterocycles. The molecule has 1 aliphatic rings. The summed E-state index contributed by atoms with van der Waals surface area (Å²) in [5.41, 5.74) is 2.55. The van der Waals surface area contributed by atoms with E-state index in [1.54, 1.807) is 43.8 Å². The molecule has 1 amide bonds. The first-order valence-electron chi connectivity index (χ1n) is 11.9. The number of carbonyl (C=O) groups is 1. The Morgan fingerprint density at radius 3 is 2.67 bits per heavy atom. The minimum atomic E-state index is -0.900. The number of rotatable bonds is 9. The maximum absolute atomic E-state index is 12.6. The molecule has 3 N–H and O–H groups in total. The van der Waals surface area contributed by atoms with Crippen LogP contribution < -0.4 is 15.4 Å². The lowest BCUT2D eigenvalue weighted by atomic mass is 10.1. The van der Waals surface area contributed by atoms with Crippen LogP contribution in [0.2, 0.25) is 0 Å². The van der Waals surface area contributed by atoms with Crippen LogP contribution in [-0.4, -0.2) is 50.9 Å². The monoisotopic (exact) mass is 503 g/mol. The average Bonchev–Trinajstić information content (AvgIpc) is 3.58. The number of carbonyl (C=O) groups excluding carboxylic acids is 1. The smallest absolute Gasteiger partial charge is 0.251 e. The molecule has 8 nitrogen and oxygen atoms in total. The minimum absolute atomic E-state index is 0.0988. The fourth-order valence-corrected chi connectivity index (χ4v) is 4.60. The summed E-state index contributed by atoms with van der Waals surface area (Å²) in [7, 11) is 1.59. The van der Waals surface area contributed by atoms with Gasteiger partial charge in [-0.15, -0.1) is 0 Å². The minimum Gasteiger partial charge on any atom is -0.496 e. The predicted octanol–water partition coefficient (Wildman–Crippen LogP) is 4.63. The van der Waals surface area contributed by atoms with Gasteiger partial charge in [0.05, 0.1) is 30.3 Å². The third-order valence-electron chi connectivity index (χ3n) is 5.77. The van der Waals surface area contributed by atoms with Crippen molar-refractivity contribution in [2.75, 3.05) is 19.0 Å². The van der Waals surface area contributed by atoms with Crippen molar-refractivity contribution in [2.24, 2.45) is 0 Å². The first kappa shape index (κ1) is 24.1. The molecule has 36 heavy (non-hydrogen) atoms. The van der Waals surface area contributed by atoms with Gasteiger partial charge in [-0.1, -0.05) is 30.0 Å². The lowest BCUT2D eigenvalue weighted by Gasteiger charge is -2.19. The first-order chi connectivity index (χ1) is 17.3. The Labute approximate surface area is 214 Å². The zero-order chi connectivity index (χ0) is 25.3. The van der Waals surface area contributed by atoms with E-state index in [9.17, 15) is 9.90 Å². The topological polar surface area (TPSA) is 101 Å². The zero-order valence-electron chi connectivity index (χ0n) is 20.5. The van der Waals surface area contributed by atoms with Crippen molar-refractivity contribution in [1.29, 1.82) is 0 Å². The highest BCUT2D eigenvalue weighted by atomic mass is 32.2. The Morgan fingerprint density at radius 1 is 1.19 bits per heavy atom. The van der Waals surface area contributed by atoms with E-state index >= 15 is 0 Å². The maximum Gasteiger partial charge on any atom is 0.251 e. The molecule has 0 aliphatic heterocycles. The standard InChI is InChI=1S/C27H29N5O3S/c1-27(2,34)16-29-21-14-24(36-19-7-5-4-6-8-19)31-32-22(15-28-25(21)32)20-12-9-17(13-23(20)35-3)26(33)30-18-10-11-18/h4-9,12-15,18,29,34H,10-11,16H2,1-3H3,(H,30,33). The third-order valence-corrected chi connectivity index (χ3v) is 6.69. The first-order valence-corrected chi connectivity index (χ1v) is 12.7. The number of hydrogen-bond donors (Lipinski definition) is 3. The van der Waals surface area contributed by atoms with E-state index in [0.717, 1.165) is 39.7 Å². The molecule has 0 spiro atoms. The van der Waals surface area contributed by atoms with Gasteiger partial charge in [0.15, 0.2) is 5.65 Å². The van der Waals surface area contributed by atoms with E-state index in [0.29, 0.717) is 23.5 Å². The van der Waals surface area contributed by atoms with Crippen LogP contribution >= 0.6 is 11.8 Å². The van der Waals surface area contributed by atoms with Crippen molar-refractivity contribution < 1.29 is 14.6 Å². The van der Waals surface area contributed by atoms with E-state index in [1.807, 2.05) is 42.5 Å². The van der Waals surface area contributed by atoms with Gasteiger partial charge in [0, 0.05) is 28.6 Å². The van der Waals surface area contributed by atoms with Gasteiger partial charge >= 0.3 is 0 Å². The molecule has 186 valence electrons. The Morgan fingerprint density at radius 2 is 1.97 bits per heavy atom. The Balaban J connectivity index is 1.56. The summed E-state index contributed by atoms with van der Waals surface area (Å²) in [6, 6.07) is 17.7. The van der Waals surface area contributed by atoms with Crippen molar-refractivity contribution in [3.8, 4) is 17.0 Å². The molecule has 4 aromatic rings. The fraction of sp³-hybridized carbons (Fsp3) is 0.296. The molecular weight excluding hydrogens is 474 g/mol. The normalized spacial score (nSPS) is 13.6. The van der Waals surface area contributed by atoms with Gasteiger partial charge in [-0.3, -0.25) is 4.79 Å². The van der Waals surface area contributed by atoms with Gasteiger partial charge < -0.3 is 20.5 Å². The van der Waals surface area contributed by atoms with Crippen LogP contribution in [0.1, 0.15) is 37.0 Å². The van der Waals surface area contributed by atoms with Gasteiger partial charge in [-0.25, -0.2) is 9.50 Å². The molecule has 0 unspecified atom stereocenters. The Hall–Kier alpha value is -3.56. The SMILES string of the molecule is COc1cc(C(=O)NC2CC2)ccc1-c1cnc2c(NCC(C)(C)O)cc(Sc3ccccc3)nn12. The molecule has 0 bridgehead atoms. The van der Waals surface area contributed by atoms with Gasteiger partial charge in [0.1, 0.15) is 10.8 Å². The van der Waals surface area contributed by atoms with Crippen molar-refractivity contribution in [1.82, 2.24) is 19.9 Å². The second-order valence-corrected chi connectivity index (χ2v) is 10.6. The summed E-state index contributed by atoms with van der Waals surface area (Å²) in [5, 5.41) is 22.3. The summed E-state index contributed by atoms with van der Waals surface area (Å²) in [4.78, 5) is 18.3. The Bertz CT molecular complexity index is 1390. The molecular formula is C27H29N5O3S. The van der Waals surface area contributed by atoms with E-state index in [2.05, 4.69) is 15.6 Å². The van der Waals surface area contributed by atoms with Crippen molar-refractivity contribution in [2.45, 2.75) is 48.3 Å². The number of fused-ring (bicyclic) bond motifs is 1. The molecule has 1 fully saturated rings. The fourth-order valence-electron chi connectivity index (χ4n) is 3.77. The van der Waals surface area contributed by atoms with Crippen LogP contribution in [0.4, 0.5) is 5.69 Å². The summed E-state index contributed by atoms with van der Waals surface area (Å²) in [6.07, 6.45) is 3.81. The molecule has 1 aliphatic carbocycles. The highest BCUT2D eigenvalue weighted by molar-refractivity contribution is 7.99. The summed E-state index contributed by atoms with van der Waals surface area (Å²) in [6.45, 7) is 3.85. The van der Waals surface area contributed by atoms with Crippen LogP contribution in [0, 0.1) is 0 Å². The molecule has 0 atom stereocenters.